The lowest BCUT2D eigenvalue weighted by molar-refractivity contribution is 0.414. The molecule has 0 atom stereocenters. The van der Waals surface area contributed by atoms with E-state index in [9.17, 15) is 0 Å². The molecule has 0 saturated heterocycles. The maximum absolute atomic E-state index is 6.09. The maximum Gasteiger partial charge on any atom is 0.119 e. The highest BCUT2D eigenvalue weighted by Crippen LogP contribution is 2.32. The van der Waals surface area contributed by atoms with Gasteiger partial charge in [-0.1, -0.05) is 12.1 Å². The van der Waals surface area contributed by atoms with Crippen LogP contribution in [-0.2, 0) is 6.42 Å². The molecule has 1 aliphatic rings. The van der Waals surface area contributed by atoms with Crippen LogP contribution < -0.4 is 10.5 Å². The number of hydrogen-bond acceptors (Lipinski definition) is 2. The van der Waals surface area contributed by atoms with Crippen LogP contribution in [-0.4, -0.2) is 12.6 Å². The Hall–Kier alpha value is -1.28. The monoisotopic (exact) mass is 203 g/mol. The predicted octanol–water partition coefficient (Wildman–Crippen LogP) is 2.37. The lowest BCUT2D eigenvalue weighted by Gasteiger charge is -2.20. The zero-order valence-electron chi connectivity index (χ0n) is 9.50. The van der Waals surface area contributed by atoms with Crippen molar-refractivity contribution in [3.8, 4) is 5.75 Å². The fraction of sp³-hybridized carbons (Fsp3) is 0.385. The summed E-state index contributed by atoms with van der Waals surface area (Å²) in [5.74, 6) is 0.915. The van der Waals surface area contributed by atoms with E-state index in [1.165, 1.54) is 16.7 Å². The van der Waals surface area contributed by atoms with Crippen LogP contribution in [0.15, 0.2) is 23.8 Å². The van der Waals surface area contributed by atoms with Gasteiger partial charge in [-0.05, 0) is 49.1 Å². The molecule has 1 aromatic rings. The van der Waals surface area contributed by atoms with Gasteiger partial charge in [0.15, 0.2) is 0 Å². The highest BCUT2D eigenvalue weighted by molar-refractivity contribution is 5.66. The average Bonchev–Trinajstić information content (AvgIpc) is 2.59. The first-order valence-corrected chi connectivity index (χ1v) is 5.17. The quantitative estimate of drug-likeness (QED) is 0.801. The van der Waals surface area contributed by atoms with Crippen molar-refractivity contribution in [2.75, 3.05) is 7.11 Å². The Kier molecular flexibility index (Phi) is 2.31. The number of hydrogen-bond donors (Lipinski definition) is 1. The van der Waals surface area contributed by atoms with E-state index in [1.807, 2.05) is 19.9 Å². The molecule has 0 unspecified atom stereocenters. The minimum atomic E-state index is -0.230. The molecule has 1 aromatic carbocycles. The van der Waals surface area contributed by atoms with Gasteiger partial charge in [-0.25, -0.2) is 0 Å². The molecule has 2 rings (SSSR count). The van der Waals surface area contributed by atoms with Crippen molar-refractivity contribution in [1.82, 2.24) is 0 Å². The van der Waals surface area contributed by atoms with Gasteiger partial charge in [-0.2, -0.15) is 0 Å². The first-order valence-electron chi connectivity index (χ1n) is 5.17. The Balaban J connectivity index is 2.33. The first-order chi connectivity index (χ1) is 7.00. The van der Waals surface area contributed by atoms with Crippen LogP contribution >= 0.6 is 0 Å². The molecule has 0 aromatic heterocycles. The minimum Gasteiger partial charge on any atom is -0.497 e. The molecule has 2 heteroatoms. The molecule has 1 aliphatic carbocycles. The Bertz CT molecular complexity index is 413. The summed E-state index contributed by atoms with van der Waals surface area (Å²) < 4.78 is 5.21. The molecular weight excluding hydrogens is 186 g/mol. The number of ether oxygens (including phenoxy) is 1. The largest absolute Gasteiger partial charge is 0.497 e. The van der Waals surface area contributed by atoms with Gasteiger partial charge in [0, 0.05) is 5.54 Å². The van der Waals surface area contributed by atoms with Crippen LogP contribution in [0.3, 0.4) is 0 Å². The van der Waals surface area contributed by atoms with Gasteiger partial charge < -0.3 is 10.5 Å². The summed E-state index contributed by atoms with van der Waals surface area (Å²) in [6.07, 6.45) is 3.13. The van der Waals surface area contributed by atoms with E-state index in [2.05, 4.69) is 18.2 Å². The standard InChI is InChI=1S/C13H17NO/c1-13(2,14)11-6-9-4-5-12(15-3)8-10(9)7-11/h4-6,8H,7,14H2,1-3H3. The van der Waals surface area contributed by atoms with Crippen LogP contribution in [0.5, 0.6) is 5.75 Å². The van der Waals surface area contributed by atoms with Gasteiger partial charge in [-0.3, -0.25) is 0 Å². The third-order valence-electron chi connectivity index (χ3n) is 2.89. The summed E-state index contributed by atoms with van der Waals surface area (Å²) >= 11 is 0. The smallest absolute Gasteiger partial charge is 0.119 e. The van der Waals surface area contributed by atoms with E-state index in [4.69, 9.17) is 10.5 Å². The van der Waals surface area contributed by atoms with E-state index in [0.29, 0.717) is 0 Å². The maximum atomic E-state index is 6.09. The zero-order chi connectivity index (χ0) is 11.1. The molecular formula is C13H17NO. The molecule has 15 heavy (non-hydrogen) atoms. The molecule has 0 aliphatic heterocycles. The average molecular weight is 203 g/mol. The van der Waals surface area contributed by atoms with E-state index in [-0.39, 0.29) is 5.54 Å². The van der Waals surface area contributed by atoms with Gasteiger partial charge in [0.25, 0.3) is 0 Å². The van der Waals surface area contributed by atoms with Crippen LogP contribution in [0.25, 0.3) is 6.08 Å². The second-order valence-electron chi connectivity index (χ2n) is 4.63. The summed E-state index contributed by atoms with van der Waals surface area (Å²) in [5, 5.41) is 0. The van der Waals surface area contributed by atoms with Gasteiger partial charge in [0.05, 0.1) is 7.11 Å². The second kappa shape index (κ2) is 3.38. The van der Waals surface area contributed by atoms with Crippen molar-refractivity contribution in [2.45, 2.75) is 25.8 Å². The Morgan fingerprint density at radius 1 is 1.33 bits per heavy atom. The van der Waals surface area contributed by atoms with Gasteiger partial charge >= 0.3 is 0 Å². The van der Waals surface area contributed by atoms with E-state index in [0.717, 1.165) is 12.2 Å². The number of nitrogens with two attached hydrogens (primary N) is 1. The normalized spacial score (nSPS) is 14.8. The summed E-state index contributed by atoms with van der Waals surface area (Å²) in [4.78, 5) is 0. The lowest BCUT2D eigenvalue weighted by Crippen LogP contribution is -2.34. The minimum absolute atomic E-state index is 0.230. The highest BCUT2D eigenvalue weighted by atomic mass is 16.5. The predicted molar refractivity (Wildman–Crippen MR) is 62.9 cm³/mol. The summed E-state index contributed by atoms with van der Waals surface area (Å²) in [5.41, 5.74) is 9.72. The van der Waals surface area contributed by atoms with Gasteiger partial charge in [0.2, 0.25) is 0 Å². The molecule has 0 heterocycles. The van der Waals surface area contributed by atoms with E-state index in [1.54, 1.807) is 7.11 Å². The Labute approximate surface area is 90.7 Å². The molecule has 2 N–H and O–H groups in total. The molecule has 80 valence electrons. The van der Waals surface area contributed by atoms with Crippen LogP contribution in [0.2, 0.25) is 0 Å². The lowest BCUT2D eigenvalue weighted by atomic mass is 9.94. The van der Waals surface area contributed by atoms with Crippen molar-refractivity contribution in [1.29, 1.82) is 0 Å². The topological polar surface area (TPSA) is 35.2 Å². The molecule has 0 amide bonds. The number of rotatable bonds is 2. The van der Waals surface area contributed by atoms with E-state index >= 15 is 0 Å². The van der Waals surface area contributed by atoms with Crippen LogP contribution in [0, 0.1) is 0 Å². The Morgan fingerprint density at radius 2 is 2.07 bits per heavy atom. The first kappa shape index (κ1) is 10.2. The van der Waals surface area contributed by atoms with Gasteiger partial charge in [0.1, 0.15) is 5.75 Å². The number of methoxy groups -OCH3 is 1. The second-order valence-corrected chi connectivity index (χ2v) is 4.63. The molecule has 2 nitrogen and oxygen atoms in total. The van der Waals surface area contributed by atoms with Crippen molar-refractivity contribution < 1.29 is 4.74 Å². The van der Waals surface area contributed by atoms with E-state index < -0.39 is 0 Å². The fourth-order valence-electron chi connectivity index (χ4n) is 1.86. The van der Waals surface area contributed by atoms with Crippen molar-refractivity contribution in [2.24, 2.45) is 5.73 Å². The number of fused-ring (bicyclic) bond motifs is 1. The van der Waals surface area contributed by atoms with Crippen molar-refractivity contribution in [3.63, 3.8) is 0 Å². The summed E-state index contributed by atoms with van der Waals surface area (Å²) in [7, 11) is 1.69. The fourth-order valence-corrected chi connectivity index (χ4v) is 1.86. The molecule has 0 bridgehead atoms. The summed E-state index contributed by atoms with van der Waals surface area (Å²) in [6.45, 7) is 4.09. The third kappa shape index (κ3) is 1.90. The molecule has 0 spiro atoms. The van der Waals surface area contributed by atoms with Crippen LogP contribution in [0.4, 0.5) is 0 Å². The number of benzene rings is 1. The van der Waals surface area contributed by atoms with Crippen molar-refractivity contribution >= 4 is 6.08 Å². The third-order valence-corrected chi connectivity index (χ3v) is 2.89. The summed E-state index contributed by atoms with van der Waals surface area (Å²) in [6, 6.07) is 6.17. The van der Waals surface area contributed by atoms with Crippen LogP contribution in [0.1, 0.15) is 25.0 Å². The highest BCUT2D eigenvalue weighted by Gasteiger charge is 2.23. The molecule has 0 saturated carbocycles. The SMILES string of the molecule is COc1ccc2c(c1)CC(C(C)(C)N)=C2. The molecule has 0 fully saturated rings. The zero-order valence-corrected chi connectivity index (χ0v) is 9.50. The van der Waals surface area contributed by atoms with Crippen molar-refractivity contribution in [3.05, 3.63) is 34.9 Å². The Morgan fingerprint density at radius 3 is 2.67 bits per heavy atom. The van der Waals surface area contributed by atoms with Gasteiger partial charge in [-0.15, -0.1) is 0 Å². The molecule has 0 radical (unpaired) electrons.